The molecular formula is C13H21N3O2S2. The van der Waals surface area contributed by atoms with Gasteiger partial charge in [0.25, 0.3) is 0 Å². The number of hydrogen-bond donors (Lipinski definition) is 2. The van der Waals surface area contributed by atoms with E-state index in [9.17, 15) is 4.79 Å². The zero-order valence-electron chi connectivity index (χ0n) is 12.1. The van der Waals surface area contributed by atoms with Gasteiger partial charge in [-0.1, -0.05) is 0 Å². The maximum Gasteiger partial charge on any atom is 0.350 e. The summed E-state index contributed by atoms with van der Waals surface area (Å²) < 4.78 is 4.77. The monoisotopic (exact) mass is 315 g/mol. The summed E-state index contributed by atoms with van der Waals surface area (Å²) in [6.07, 6.45) is 3.18. The van der Waals surface area contributed by atoms with Crippen LogP contribution in [-0.4, -0.2) is 50.9 Å². The highest BCUT2D eigenvalue weighted by Gasteiger charge is 2.23. The van der Waals surface area contributed by atoms with E-state index < -0.39 is 0 Å². The quantitative estimate of drug-likeness (QED) is 0.641. The third-order valence-corrected chi connectivity index (χ3v) is 5.62. The minimum atomic E-state index is -0.364. The molecule has 1 atom stereocenters. The number of carbonyl (C=O) groups excluding carboxylic acids is 1. The summed E-state index contributed by atoms with van der Waals surface area (Å²) in [5, 5.41) is 4.43. The maximum atomic E-state index is 11.7. The molecule has 3 N–H and O–H groups in total. The number of likely N-dealkylation sites (tertiary alicyclic amines) is 1. The number of hydrogen-bond acceptors (Lipinski definition) is 7. The third-order valence-electron chi connectivity index (χ3n) is 3.51. The molecular weight excluding hydrogens is 294 g/mol. The molecule has 1 aliphatic heterocycles. The fraction of sp³-hybridized carbons (Fsp3) is 0.615. The fourth-order valence-corrected chi connectivity index (χ4v) is 4.38. The van der Waals surface area contributed by atoms with E-state index in [-0.39, 0.29) is 5.97 Å². The van der Waals surface area contributed by atoms with E-state index in [4.69, 9.17) is 10.5 Å². The van der Waals surface area contributed by atoms with E-state index >= 15 is 0 Å². The molecule has 2 rings (SSSR count). The smallest absolute Gasteiger partial charge is 0.350 e. The molecule has 1 unspecified atom stereocenters. The number of thioether (sulfide) groups is 1. The first-order valence-electron chi connectivity index (χ1n) is 6.53. The van der Waals surface area contributed by atoms with Crippen LogP contribution in [0.5, 0.6) is 0 Å². The van der Waals surface area contributed by atoms with Gasteiger partial charge in [0.15, 0.2) is 0 Å². The van der Waals surface area contributed by atoms with Crippen molar-refractivity contribution in [1.29, 1.82) is 0 Å². The van der Waals surface area contributed by atoms with Crippen molar-refractivity contribution in [2.75, 3.05) is 51.1 Å². The predicted octanol–water partition coefficient (Wildman–Crippen LogP) is 2.20. The summed E-state index contributed by atoms with van der Waals surface area (Å²) in [5.41, 5.74) is 6.57. The Morgan fingerprint density at radius 3 is 2.95 bits per heavy atom. The van der Waals surface area contributed by atoms with Crippen molar-refractivity contribution in [2.45, 2.75) is 11.3 Å². The Morgan fingerprint density at radius 2 is 2.40 bits per heavy atom. The predicted molar refractivity (Wildman–Crippen MR) is 85.9 cm³/mol. The molecule has 112 valence electrons. The number of nitrogens with two attached hydrogens (primary N) is 1. The van der Waals surface area contributed by atoms with Gasteiger partial charge in [0.1, 0.15) is 9.88 Å². The molecule has 5 nitrogen and oxygen atoms in total. The lowest BCUT2D eigenvalue weighted by molar-refractivity contribution is 0.0607. The lowest BCUT2D eigenvalue weighted by Crippen LogP contribution is -2.18. The molecule has 7 heteroatoms. The Morgan fingerprint density at radius 1 is 1.65 bits per heavy atom. The van der Waals surface area contributed by atoms with E-state index in [1.165, 1.54) is 24.9 Å². The largest absolute Gasteiger partial charge is 0.465 e. The van der Waals surface area contributed by atoms with Gasteiger partial charge in [0, 0.05) is 13.1 Å². The molecule has 1 aromatic heterocycles. The second kappa shape index (κ2) is 6.69. The molecule has 2 heterocycles. The van der Waals surface area contributed by atoms with E-state index in [2.05, 4.69) is 17.3 Å². The van der Waals surface area contributed by atoms with Gasteiger partial charge in [-0.3, -0.25) is 0 Å². The molecule has 0 amide bonds. The highest BCUT2D eigenvalue weighted by Crippen LogP contribution is 2.42. The molecule has 0 radical (unpaired) electrons. The fourth-order valence-electron chi connectivity index (χ4n) is 2.42. The Labute approximate surface area is 127 Å². The van der Waals surface area contributed by atoms with Crippen molar-refractivity contribution in [3.8, 4) is 0 Å². The van der Waals surface area contributed by atoms with Gasteiger partial charge >= 0.3 is 5.97 Å². The number of ether oxygens (including phenoxy) is 1. The van der Waals surface area contributed by atoms with Gasteiger partial charge in [0.2, 0.25) is 0 Å². The minimum absolute atomic E-state index is 0.364. The number of methoxy groups -OCH3 is 1. The molecule has 1 aliphatic rings. The lowest BCUT2D eigenvalue weighted by atomic mass is 10.1. The number of nitrogens with one attached hydrogen (secondary N) is 1. The van der Waals surface area contributed by atoms with Crippen molar-refractivity contribution in [3.63, 3.8) is 0 Å². The van der Waals surface area contributed by atoms with Crippen molar-refractivity contribution < 1.29 is 9.53 Å². The van der Waals surface area contributed by atoms with E-state index in [0.717, 1.165) is 29.5 Å². The molecule has 0 aromatic carbocycles. The average molecular weight is 315 g/mol. The van der Waals surface area contributed by atoms with Crippen molar-refractivity contribution in [1.82, 2.24) is 4.90 Å². The topological polar surface area (TPSA) is 67.6 Å². The Kier molecular flexibility index (Phi) is 5.17. The SMILES string of the molecule is COC(=O)c1sc(NCC2CCN(C)C2)c(SC)c1N. The summed E-state index contributed by atoms with van der Waals surface area (Å²) in [6.45, 7) is 3.19. The number of carbonyl (C=O) groups is 1. The van der Waals surface area contributed by atoms with Gasteiger partial charge in [-0.15, -0.1) is 23.1 Å². The molecule has 20 heavy (non-hydrogen) atoms. The van der Waals surface area contributed by atoms with Crippen molar-refractivity contribution in [2.24, 2.45) is 5.92 Å². The number of nitrogen functional groups attached to an aromatic ring is 1. The van der Waals surface area contributed by atoms with Gasteiger partial charge < -0.3 is 20.7 Å². The van der Waals surface area contributed by atoms with E-state index in [0.29, 0.717) is 16.5 Å². The molecule has 1 fully saturated rings. The first-order valence-corrected chi connectivity index (χ1v) is 8.58. The van der Waals surface area contributed by atoms with Gasteiger partial charge in [-0.05, 0) is 32.2 Å². The van der Waals surface area contributed by atoms with Crippen LogP contribution in [-0.2, 0) is 4.74 Å². The van der Waals surface area contributed by atoms with Crippen molar-refractivity contribution >= 4 is 39.8 Å². The number of anilines is 2. The molecule has 0 saturated carbocycles. The second-order valence-electron chi connectivity index (χ2n) is 5.00. The number of thiophene rings is 1. The van der Waals surface area contributed by atoms with Crippen molar-refractivity contribution in [3.05, 3.63) is 4.88 Å². The lowest BCUT2D eigenvalue weighted by Gasteiger charge is -2.12. The van der Waals surface area contributed by atoms with Gasteiger partial charge in [0.05, 0.1) is 17.7 Å². The maximum absolute atomic E-state index is 11.7. The second-order valence-corrected chi connectivity index (χ2v) is 6.83. The van der Waals surface area contributed by atoms with E-state index in [1.54, 1.807) is 11.8 Å². The van der Waals surface area contributed by atoms with Crippen LogP contribution in [0.2, 0.25) is 0 Å². The summed E-state index contributed by atoms with van der Waals surface area (Å²) in [6, 6.07) is 0. The average Bonchev–Trinajstić information content (AvgIpc) is 2.99. The molecule has 1 saturated heterocycles. The minimum Gasteiger partial charge on any atom is -0.465 e. The van der Waals surface area contributed by atoms with Crippen LogP contribution in [0, 0.1) is 5.92 Å². The van der Waals surface area contributed by atoms with Crippen LogP contribution < -0.4 is 11.1 Å². The molecule has 1 aromatic rings. The summed E-state index contributed by atoms with van der Waals surface area (Å²) in [4.78, 5) is 15.5. The van der Waals surface area contributed by atoms with Gasteiger partial charge in [-0.2, -0.15) is 0 Å². The molecule has 0 aliphatic carbocycles. The Bertz CT molecular complexity index is 490. The van der Waals surface area contributed by atoms with Crippen LogP contribution in [0.3, 0.4) is 0 Å². The molecule has 0 bridgehead atoms. The Hall–Kier alpha value is -0.920. The summed E-state index contributed by atoms with van der Waals surface area (Å²) in [7, 11) is 3.52. The first kappa shape index (κ1) is 15.5. The highest BCUT2D eigenvalue weighted by atomic mass is 32.2. The summed E-state index contributed by atoms with van der Waals surface area (Å²) >= 11 is 2.94. The van der Waals surface area contributed by atoms with Gasteiger partial charge in [-0.25, -0.2) is 4.79 Å². The number of esters is 1. The highest BCUT2D eigenvalue weighted by molar-refractivity contribution is 7.99. The standard InChI is InChI=1S/C13H21N3O2S2/c1-16-5-4-8(7-16)6-15-12-10(19-3)9(14)11(20-12)13(17)18-2/h8,15H,4-7,14H2,1-3H3. The van der Waals surface area contributed by atoms with Crippen LogP contribution in [0.15, 0.2) is 4.90 Å². The van der Waals surface area contributed by atoms with Crippen LogP contribution in [0.4, 0.5) is 10.7 Å². The zero-order valence-corrected chi connectivity index (χ0v) is 13.7. The van der Waals surface area contributed by atoms with Crippen LogP contribution in [0.25, 0.3) is 0 Å². The normalized spacial score (nSPS) is 19.2. The van der Waals surface area contributed by atoms with E-state index in [1.807, 2.05) is 6.26 Å². The number of rotatable bonds is 5. The third kappa shape index (κ3) is 3.21. The first-order chi connectivity index (χ1) is 9.56. The van der Waals surface area contributed by atoms with Crippen LogP contribution >= 0.6 is 23.1 Å². The Balaban J connectivity index is 2.08. The van der Waals surface area contributed by atoms with Crippen LogP contribution in [0.1, 0.15) is 16.1 Å². The molecule has 0 spiro atoms. The zero-order chi connectivity index (χ0) is 14.7. The summed E-state index contributed by atoms with van der Waals surface area (Å²) in [5.74, 6) is 0.288. The number of nitrogens with zero attached hydrogens (tertiary/aromatic N) is 1.